The van der Waals surface area contributed by atoms with E-state index in [2.05, 4.69) is 129 Å². The number of benzene rings is 2. The van der Waals surface area contributed by atoms with Crippen molar-refractivity contribution in [3.8, 4) is 0 Å². The second kappa shape index (κ2) is 11.7. The van der Waals surface area contributed by atoms with E-state index in [0.717, 1.165) is 5.57 Å². The van der Waals surface area contributed by atoms with Gasteiger partial charge in [0.2, 0.25) is 0 Å². The Hall–Kier alpha value is -1.51. The van der Waals surface area contributed by atoms with E-state index in [4.69, 9.17) is 8.85 Å². The molecule has 0 aliphatic carbocycles. The van der Waals surface area contributed by atoms with Crippen molar-refractivity contribution in [1.29, 1.82) is 0 Å². The van der Waals surface area contributed by atoms with E-state index in [1.165, 1.54) is 10.4 Å². The maximum absolute atomic E-state index is 10.9. The van der Waals surface area contributed by atoms with Crippen LogP contribution in [0.15, 0.2) is 72.3 Å². The van der Waals surface area contributed by atoms with Gasteiger partial charge in [0.25, 0.3) is 8.32 Å². The molecule has 0 fully saturated rings. The first kappa shape index (κ1) is 29.7. The highest BCUT2D eigenvalue weighted by Gasteiger charge is 2.50. The minimum absolute atomic E-state index is 0.0203. The Labute approximate surface area is 216 Å². The predicted molar refractivity (Wildman–Crippen MR) is 156 cm³/mol. The molecule has 0 amide bonds. The van der Waals surface area contributed by atoms with Gasteiger partial charge in [-0.3, -0.25) is 0 Å². The van der Waals surface area contributed by atoms with Crippen molar-refractivity contribution in [3.63, 3.8) is 0 Å². The van der Waals surface area contributed by atoms with Crippen molar-refractivity contribution >= 4 is 27.0 Å². The fourth-order valence-corrected chi connectivity index (χ4v) is 9.85. The summed E-state index contributed by atoms with van der Waals surface area (Å²) in [5, 5.41) is 13.5. The first-order valence-electron chi connectivity index (χ1n) is 12.9. The van der Waals surface area contributed by atoms with Crippen molar-refractivity contribution in [2.24, 2.45) is 5.92 Å². The van der Waals surface area contributed by atoms with Crippen LogP contribution in [-0.2, 0) is 8.85 Å². The summed E-state index contributed by atoms with van der Waals surface area (Å²) in [6, 6.07) is 21.4. The van der Waals surface area contributed by atoms with E-state index in [1.807, 2.05) is 6.08 Å². The van der Waals surface area contributed by atoms with Crippen molar-refractivity contribution in [3.05, 3.63) is 72.3 Å². The quantitative estimate of drug-likeness (QED) is 0.291. The second-order valence-electron chi connectivity index (χ2n) is 12.5. The largest absolute Gasteiger partial charge is 0.416 e. The molecule has 0 aliphatic rings. The lowest BCUT2D eigenvalue weighted by molar-refractivity contribution is 0.114. The third kappa shape index (κ3) is 7.26. The first-order chi connectivity index (χ1) is 16.1. The zero-order valence-electron chi connectivity index (χ0n) is 23.7. The third-order valence-corrected chi connectivity index (χ3v) is 17.0. The Morgan fingerprint density at radius 1 is 0.829 bits per heavy atom. The zero-order valence-corrected chi connectivity index (χ0v) is 25.7. The molecule has 0 aliphatic heterocycles. The molecule has 0 aromatic heterocycles. The zero-order chi connectivity index (χ0) is 26.5. The summed E-state index contributed by atoms with van der Waals surface area (Å²) in [5.41, 5.74) is 1.05. The van der Waals surface area contributed by atoms with Crippen molar-refractivity contribution < 1.29 is 14.0 Å². The van der Waals surface area contributed by atoms with Gasteiger partial charge in [-0.25, -0.2) is 0 Å². The Kier molecular flexibility index (Phi) is 9.93. The number of hydrogen-bond acceptors (Lipinski definition) is 3. The molecule has 0 saturated heterocycles. The molecule has 0 bridgehead atoms. The van der Waals surface area contributed by atoms with Crippen LogP contribution in [0.2, 0.25) is 23.2 Å². The Morgan fingerprint density at radius 2 is 1.29 bits per heavy atom. The summed E-state index contributed by atoms with van der Waals surface area (Å²) in [4.78, 5) is 0. The summed E-state index contributed by atoms with van der Waals surface area (Å²) < 4.78 is 13.4. The van der Waals surface area contributed by atoms with Crippen LogP contribution in [-0.4, -0.2) is 41.1 Å². The molecule has 2 atom stereocenters. The van der Waals surface area contributed by atoms with Gasteiger partial charge in [-0.05, 0) is 40.5 Å². The van der Waals surface area contributed by atoms with Crippen LogP contribution in [0, 0.1) is 5.92 Å². The molecule has 0 unspecified atom stereocenters. The lowest BCUT2D eigenvalue weighted by atomic mass is 10.0. The molecule has 5 heteroatoms. The topological polar surface area (TPSA) is 38.7 Å². The van der Waals surface area contributed by atoms with E-state index in [0.29, 0.717) is 13.2 Å². The molecule has 1 N–H and O–H groups in total. The van der Waals surface area contributed by atoms with Gasteiger partial charge in [-0.15, -0.1) is 0 Å². The summed E-state index contributed by atoms with van der Waals surface area (Å²) in [6.45, 7) is 23.3. The van der Waals surface area contributed by atoms with Gasteiger partial charge < -0.3 is 14.0 Å². The average Bonchev–Trinajstić information content (AvgIpc) is 2.77. The average molecular weight is 513 g/mol. The normalized spacial score (nSPS) is 15.7. The van der Waals surface area contributed by atoms with Gasteiger partial charge in [-0.1, -0.05) is 121 Å². The van der Waals surface area contributed by atoms with Crippen LogP contribution in [0.5, 0.6) is 0 Å². The molecule has 0 saturated carbocycles. The van der Waals surface area contributed by atoms with Crippen molar-refractivity contribution in [2.75, 3.05) is 13.2 Å². The number of aliphatic hydroxyl groups excluding tert-OH is 1. The molecule has 3 nitrogen and oxygen atoms in total. The molecule has 2 rings (SSSR count). The fraction of sp³-hybridized carbons (Fsp3) is 0.533. The van der Waals surface area contributed by atoms with Crippen molar-refractivity contribution in [2.45, 2.75) is 84.7 Å². The number of hydrogen-bond donors (Lipinski definition) is 1. The molecular weight excluding hydrogens is 464 g/mol. The summed E-state index contributed by atoms with van der Waals surface area (Å²) in [7, 11) is -4.43. The minimum Gasteiger partial charge on any atom is -0.416 e. The Bertz CT molecular complexity index is 902. The number of aliphatic hydroxyl groups is 1. The molecule has 2 aromatic carbocycles. The SMILES string of the molecule is C/C(=C/[C@@H](O)[C@H](C)CO[Si](C)(C)C(C)(C)C)CO[Si](c1ccccc1)(c1ccccc1)C(C)(C)C. The van der Waals surface area contributed by atoms with E-state index in [9.17, 15) is 5.11 Å². The second-order valence-corrected chi connectivity index (χ2v) is 21.6. The molecule has 2 aromatic rings. The van der Waals surface area contributed by atoms with Gasteiger partial charge >= 0.3 is 0 Å². The van der Waals surface area contributed by atoms with Gasteiger partial charge in [0.1, 0.15) is 0 Å². The highest BCUT2D eigenvalue weighted by atomic mass is 28.4. The van der Waals surface area contributed by atoms with Crippen LogP contribution >= 0.6 is 0 Å². The van der Waals surface area contributed by atoms with E-state index >= 15 is 0 Å². The van der Waals surface area contributed by atoms with Gasteiger partial charge in [0.15, 0.2) is 8.32 Å². The standard InChI is InChI=1S/C30H48O3Si2/c1-24(21-28(31)25(2)23-32-34(9,10)29(3,4)5)22-33-35(30(6,7)8,26-17-13-11-14-18-26)27-19-15-12-16-20-27/h11-21,25,28,31H,22-23H2,1-10H3/b24-21-/t25-,28-/m1/s1. The van der Waals surface area contributed by atoms with E-state index in [1.54, 1.807) is 0 Å². The van der Waals surface area contributed by atoms with Gasteiger partial charge in [0.05, 0.1) is 12.7 Å². The maximum atomic E-state index is 10.9. The first-order valence-corrected chi connectivity index (χ1v) is 17.7. The van der Waals surface area contributed by atoms with Crippen LogP contribution < -0.4 is 10.4 Å². The van der Waals surface area contributed by atoms with Crippen LogP contribution in [0.4, 0.5) is 0 Å². The summed E-state index contributed by atoms with van der Waals surface area (Å²) in [5.74, 6) is 0.0203. The molecule has 0 spiro atoms. The number of rotatable bonds is 10. The molecular formula is C30H48O3Si2. The lowest BCUT2D eigenvalue weighted by Gasteiger charge is -2.43. The maximum Gasteiger partial charge on any atom is 0.261 e. The van der Waals surface area contributed by atoms with Crippen LogP contribution in [0.25, 0.3) is 0 Å². The Balaban J connectivity index is 2.25. The van der Waals surface area contributed by atoms with Crippen LogP contribution in [0.1, 0.15) is 55.4 Å². The summed E-state index contributed by atoms with van der Waals surface area (Å²) >= 11 is 0. The van der Waals surface area contributed by atoms with Crippen LogP contribution in [0.3, 0.4) is 0 Å². The molecule has 35 heavy (non-hydrogen) atoms. The monoisotopic (exact) mass is 512 g/mol. The molecule has 194 valence electrons. The fourth-order valence-electron chi connectivity index (χ4n) is 4.14. The molecule has 0 radical (unpaired) electrons. The van der Waals surface area contributed by atoms with Gasteiger partial charge in [-0.2, -0.15) is 0 Å². The van der Waals surface area contributed by atoms with E-state index in [-0.39, 0.29) is 16.0 Å². The highest BCUT2D eigenvalue weighted by molar-refractivity contribution is 6.99. The molecule has 0 heterocycles. The smallest absolute Gasteiger partial charge is 0.261 e. The van der Waals surface area contributed by atoms with Gasteiger partial charge in [0, 0.05) is 12.5 Å². The summed E-state index contributed by atoms with van der Waals surface area (Å²) in [6.07, 6.45) is 1.39. The predicted octanol–water partition coefficient (Wildman–Crippen LogP) is 6.53. The Morgan fingerprint density at radius 3 is 1.69 bits per heavy atom. The van der Waals surface area contributed by atoms with Crippen molar-refractivity contribution in [1.82, 2.24) is 0 Å². The lowest BCUT2D eigenvalue weighted by Crippen LogP contribution is -2.66. The minimum atomic E-state index is -2.59. The van der Waals surface area contributed by atoms with E-state index < -0.39 is 22.7 Å². The highest BCUT2D eigenvalue weighted by Crippen LogP contribution is 2.38. The third-order valence-electron chi connectivity index (χ3n) is 7.48.